The molecule has 2 heterocycles. The predicted molar refractivity (Wildman–Crippen MR) is 239 cm³/mol. The number of esters is 2. The summed E-state index contributed by atoms with van der Waals surface area (Å²) in [5.74, 6) is -4.29. The monoisotopic (exact) mass is 914 g/mol. The number of hydrogen-bond donors (Lipinski definition) is 8. The average molecular weight is 914 g/mol. The fraction of sp³-hybridized carbons (Fsp3) is 0.870. The Balaban J connectivity index is 1.65. The Bertz CT molecular complexity index is 1390. The van der Waals surface area contributed by atoms with Crippen LogP contribution in [0.5, 0.6) is 0 Å². The van der Waals surface area contributed by atoms with Crippen molar-refractivity contribution in [3.05, 3.63) is 0 Å². The molecule has 2 unspecified atom stereocenters. The number of primary amides is 1. The minimum Gasteiger partial charge on any atom is -0.394 e. The van der Waals surface area contributed by atoms with E-state index in [1.54, 1.807) is 11.8 Å². The van der Waals surface area contributed by atoms with Gasteiger partial charge in [0.25, 0.3) is 0 Å². The van der Waals surface area contributed by atoms with Gasteiger partial charge in [-0.25, -0.2) is 4.79 Å². The molecular formula is C46H83N5O13. The summed E-state index contributed by atoms with van der Waals surface area (Å²) in [5.41, 5.74) is 5.56. The van der Waals surface area contributed by atoms with Crippen LogP contribution in [0.4, 0.5) is 0 Å². The average Bonchev–Trinajstić information content (AvgIpc) is 3.61. The minimum absolute atomic E-state index is 0.00213. The summed E-state index contributed by atoms with van der Waals surface area (Å²) >= 11 is 0. The summed E-state index contributed by atoms with van der Waals surface area (Å²) in [5, 5.41) is 48.8. The molecule has 2 aliphatic heterocycles. The van der Waals surface area contributed by atoms with Crippen LogP contribution in [0.2, 0.25) is 0 Å². The number of aliphatic hydroxyl groups is 4. The molecule has 0 aromatic carbocycles. The number of unbranched alkanes of at least 4 members (excludes halogenated alkanes) is 18. The van der Waals surface area contributed by atoms with E-state index in [9.17, 15) is 49.2 Å². The van der Waals surface area contributed by atoms with Gasteiger partial charge >= 0.3 is 11.9 Å². The molecule has 2 aliphatic rings. The van der Waals surface area contributed by atoms with Gasteiger partial charge in [0.2, 0.25) is 23.6 Å². The van der Waals surface area contributed by atoms with E-state index in [1.165, 1.54) is 110 Å². The zero-order chi connectivity index (χ0) is 47.4. The number of carbonyl (C=O) groups is 6. The fourth-order valence-corrected chi connectivity index (χ4v) is 8.43. The molecule has 18 nitrogen and oxygen atoms in total. The van der Waals surface area contributed by atoms with E-state index in [-0.39, 0.29) is 38.8 Å². The second kappa shape index (κ2) is 32.4. The number of ether oxygens (including phenoxy) is 3. The lowest BCUT2D eigenvalue weighted by Gasteiger charge is -2.43. The van der Waals surface area contributed by atoms with Crippen LogP contribution in [0.15, 0.2) is 0 Å². The van der Waals surface area contributed by atoms with Crippen molar-refractivity contribution in [2.45, 2.75) is 236 Å². The molecule has 0 radical (unpaired) electrons. The zero-order valence-corrected chi connectivity index (χ0v) is 39.1. The Labute approximate surface area is 380 Å². The lowest BCUT2D eigenvalue weighted by Crippen LogP contribution is -2.65. The number of aliphatic hydroxyl groups excluding tert-OH is 4. The summed E-state index contributed by atoms with van der Waals surface area (Å²) in [6.07, 6.45) is 16.1. The van der Waals surface area contributed by atoms with E-state index in [2.05, 4.69) is 22.9 Å². The second-order valence-corrected chi connectivity index (χ2v) is 17.9. The van der Waals surface area contributed by atoms with Crippen molar-refractivity contribution in [1.82, 2.24) is 20.9 Å². The highest BCUT2D eigenvalue weighted by atomic mass is 16.6. The number of amides is 4. The summed E-state index contributed by atoms with van der Waals surface area (Å²) in [6.45, 7) is 5.92. The molecule has 0 aromatic rings. The van der Waals surface area contributed by atoms with Crippen LogP contribution in [-0.4, -0.2) is 142 Å². The third kappa shape index (κ3) is 22.8. The molecule has 9 N–H and O–H groups in total. The van der Waals surface area contributed by atoms with Crippen LogP contribution in [0.25, 0.3) is 0 Å². The first-order chi connectivity index (χ1) is 30.6. The van der Waals surface area contributed by atoms with Crippen LogP contribution in [0, 0.1) is 0 Å². The molecule has 0 aromatic heterocycles. The molecule has 2 fully saturated rings. The Morgan fingerprint density at radius 3 is 1.81 bits per heavy atom. The highest BCUT2D eigenvalue weighted by molar-refractivity contribution is 5.92. The van der Waals surface area contributed by atoms with Crippen LogP contribution in [0.3, 0.4) is 0 Å². The third-order valence-electron chi connectivity index (χ3n) is 12.1. The van der Waals surface area contributed by atoms with Crippen LogP contribution < -0.4 is 21.7 Å². The molecule has 2 rings (SSSR count). The predicted octanol–water partition coefficient (Wildman–Crippen LogP) is 2.92. The molecular weight excluding hydrogens is 831 g/mol. The van der Waals surface area contributed by atoms with Gasteiger partial charge in [-0.15, -0.1) is 0 Å². The van der Waals surface area contributed by atoms with Gasteiger partial charge in [-0.05, 0) is 33.1 Å². The molecule has 10 atom stereocenters. The van der Waals surface area contributed by atoms with Gasteiger partial charge in [0.15, 0.2) is 6.29 Å². The van der Waals surface area contributed by atoms with Gasteiger partial charge in [0.1, 0.15) is 36.4 Å². The number of nitrogens with one attached hydrogen (secondary N) is 3. The van der Waals surface area contributed by atoms with E-state index >= 15 is 0 Å². The molecule has 64 heavy (non-hydrogen) atoms. The van der Waals surface area contributed by atoms with Crippen LogP contribution >= 0.6 is 0 Å². The first-order valence-corrected chi connectivity index (χ1v) is 24.2. The lowest BCUT2D eigenvalue weighted by atomic mass is 9.96. The van der Waals surface area contributed by atoms with Crippen LogP contribution in [-0.2, 0) is 43.0 Å². The summed E-state index contributed by atoms with van der Waals surface area (Å²) in [4.78, 5) is 76.7. The van der Waals surface area contributed by atoms with Crippen molar-refractivity contribution in [2.24, 2.45) is 5.73 Å². The van der Waals surface area contributed by atoms with Gasteiger partial charge in [-0.2, -0.15) is 0 Å². The Morgan fingerprint density at radius 2 is 1.31 bits per heavy atom. The number of hydrogen-bond acceptors (Lipinski definition) is 14. The quantitative estimate of drug-likeness (QED) is 0.0262. The number of likely N-dealkylation sites (tertiary alicyclic amines) is 1. The maximum absolute atomic E-state index is 13.4. The normalized spacial score (nSPS) is 23.8. The second-order valence-electron chi connectivity index (χ2n) is 17.9. The number of rotatable bonds is 34. The molecule has 0 spiro atoms. The number of β-amino-alcohol motifs (C(OH)–C–C–N with tert-alkyl or cyclic N) is 1. The summed E-state index contributed by atoms with van der Waals surface area (Å²) < 4.78 is 16.2. The van der Waals surface area contributed by atoms with E-state index in [4.69, 9.17) is 19.9 Å². The summed E-state index contributed by atoms with van der Waals surface area (Å²) in [6, 6.07) is -4.54. The summed E-state index contributed by atoms with van der Waals surface area (Å²) in [7, 11) is 0. The number of nitrogens with zero attached hydrogens (tertiary/aromatic N) is 1. The molecule has 370 valence electrons. The Kier molecular flexibility index (Phi) is 28.8. The van der Waals surface area contributed by atoms with Crippen LogP contribution in [0.1, 0.15) is 175 Å². The van der Waals surface area contributed by atoms with Gasteiger partial charge in [-0.3, -0.25) is 28.9 Å². The van der Waals surface area contributed by atoms with E-state index in [1.807, 2.05) is 0 Å². The molecule has 2 saturated heterocycles. The van der Waals surface area contributed by atoms with E-state index in [0.29, 0.717) is 6.42 Å². The number of nitrogens with two attached hydrogens (primary N) is 1. The van der Waals surface area contributed by atoms with E-state index in [0.717, 1.165) is 19.3 Å². The Morgan fingerprint density at radius 1 is 0.781 bits per heavy atom. The maximum Gasteiger partial charge on any atom is 0.335 e. The SMILES string of the molecule is CCCCCCCCCCCCCCCCCCCCCC(=O)OC(=O)[C@H](C)NC(=O)CC[C@@H](NC(=O)[C@@H]1CC(O)CN1CC(C)O[C@H]1[C@H](O)[C@@H](CO)O[C@H](O)[C@@H]1NC(C)=O)C(N)=O. The molecule has 0 aliphatic carbocycles. The van der Waals surface area contributed by atoms with Crippen molar-refractivity contribution in [3.63, 3.8) is 0 Å². The number of carbonyl (C=O) groups excluding carboxylic acids is 6. The largest absolute Gasteiger partial charge is 0.394 e. The first kappa shape index (κ1) is 56.9. The highest BCUT2D eigenvalue weighted by Crippen LogP contribution is 2.26. The van der Waals surface area contributed by atoms with Gasteiger partial charge < -0.3 is 56.3 Å². The maximum atomic E-state index is 13.4. The standard InChI is InChI=1S/C46H83N5O13/c1-5-6-7-8-9-10-11-12-13-14-15-16-17-18-19-20-21-22-23-24-39(56)64-45(60)32(3)48-38(55)26-25-35(43(47)58)50-44(59)36-27-34(54)29-51(36)28-31(2)62-42-40(49-33(4)53)46(61)63-37(30-52)41(42)57/h31-32,34-37,40-42,46,52,54,57,61H,5-30H2,1-4H3,(H2,47,58)(H,48,55)(H,49,53)(H,50,59)/t31?,32-,34?,35+,36-,37+,40+,41+,42+,46-/m0/s1. The van der Waals surface area contributed by atoms with Crippen molar-refractivity contribution in [3.8, 4) is 0 Å². The van der Waals surface area contributed by atoms with Crippen molar-refractivity contribution in [1.29, 1.82) is 0 Å². The van der Waals surface area contributed by atoms with Crippen molar-refractivity contribution >= 4 is 35.6 Å². The lowest BCUT2D eigenvalue weighted by molar-refractivity contribution is -0.268. The van der Waals surface area contributed by atoms with E-state index < -0.39 is 103 Å². The molecule has 18 heteroatoms. The fourth-order valence-electron chi connectivity index (χ4n) is 8.43. The molecule has 4 amide bonds. The third-order valence-corrected chi connectivity index (χ3v) is 12.1. The molecule has 0 saturated carbocycles. The first-order valence-electron chi connectivity index (χ1n) is 24.2. The van der Waals surface area contributed by atoms with Crippen molar-refractivity contribution < 1.29 is 63.4 Å². The Hall–Kier alpha value is -3.26. The zero-order valence-electron chi connectivity index (χ0n) is 39.1. The van der Waals surface area contributed by atoms with Gasteiger partial charge in [0.05, 0.1) is 24.9 Å². The van der Waals surface area contributed by atoms with Gasteiger partial charge in [0, 0.05) is 32.9 Å². The topological polar surface area (TPSA) is 276 Å². The van der Waals surface area contributed by atoms with Crippen molar-refractivity contribution in [2.75, 3.05) is 19.7 Å². The highest BCUT2D eigenvalue weighted by Gasteiger charge is 2.47. The minimum atomic E-state index is -1.59. The van der Waals surface area contributed by atoms with Gasteiger partial charge in [-0.1, -0.05) is 122 Å². The smallest absolute Gasteiger partial charge is 0.335 e. The molecule has 0 bridgehead atoms.